The molecule has 44 heavy (non-hydrogen) atoms. The number of nitrogens with zero attached hydrogens (tertiary/aromatic N) is 2. The highest BCUT2D eigenvalue weighted by molar-refractivity contribution is 6.42. The molecule has 1 aliphatic heterocycles. The molecule has 1 aliphatic rings. The van der Waals surface area contributed by atoms with Crippen molar-refractivity contribution in [2.75, 3.05) is 79.5 Å². The first kappa shape index (κ1) is 36.3. The Bertz CT molecular complexity index is 1140. The standard InChI is InChI=1S/C30H39Cl2F3N2O7/c1-36(29(39)19-22-2-7-26(31)27(32)18-22)28(23-3-5-24(6-4-23)42-11-10-38)21-37-9-8-25(20-37)43-16-14-40-12-13-41-15-17-44-30(33,34)35/h2-7,18,25,28,38H,8-17,19-21H2,1H3/t25-,28?/m0/s1. The molecule has 2 atom stereocenters. The first-order valence-corrected chi connectivity index (χ1v) is 15.0. The van der Waals surface area contributed by atoms with Gasteiger partial charge in [0, 0.05) is 26.7 Å². The van der Waals surface area contributed by atoms with Gasteiger partial charge in [-0.2, -0.15) is 0 Å². The van der Waals surface area contributed by atoms with Crippen LogP contribution in [-0.2, 0) is 30.2 Å². The fraction of sp³-hybridized carbons (Fsp3) is 0.567. The molecule has 2 aromatic rings. The lowest BCUT2D eigenvalue weighted by atomic mass is 10.0. The van der Waals surface area contributed by atoms with Crippen molar-refractivity contribution < 1.29 is 46.8 Å². The minimum Gasteiger partial charge on any atom is -0.491 e. The number of alkyl halides is 3. The van der Waals surface area contributed by atoms with Crippen LogP contribution in [-0.4, -0.2) is 113 Å². The van der Waals surface area contributed by atoms with Gasteiger partial charge in [0.05, 0.1) is 74.9 Å². The maximum Gasteiger partial charge on any atom is 0.522 e. The number of hydrogen-bond donors (Lipinski definition) is 1. The zero-order valence-electron chi connectivity index (χ0n) is 24.6. The third-order valence-electron chi connectivity index (χ3n) is 6.93. The molecule has 0 aliphatic carbocycles. The van der Waals surface area contributed by atoms with Crippen molar-refractivity contribution in [3.8, 4) is 5.75 Å². The van der Waals surface area contributed by atoms with Crippen LogP contribution < -0.4 is 4.74 Å². The summed E-state index contributed by atoms with van der Waals surface area (Å²) in [4.78, 5) is 17.4. The van der Waals surface area contributed by atoms with Crippen molar-refractivity contribution in [2.24, 2.45) is 0 Å². The Hall–Kier alpha value is -2.16. The molecule has 1 fully saturated rings. The van der Waals surface area contributed by atoms with E-state index in [2.05, 4.69) is 9.64 Å². The molecule has 0 saturated carbocycles. The summed E-state index contributed by atoms with van der Waals surface area (Å²) in [7, 11) is 1.79. The van der Waals surface area contributed by atoms with Crippen LogP contribution in [0.25, 0.3) is 0 Å². The lowest BCUT2D eigenvalue weighted by molar-refractivity contribution is -0.327. The number of ether oxygens (including phenoxy) is 5. The maximum atomic E-state index is 13.4. The molecule has 246 valence electrons. The van der Waals surface area contributed by atoms with Gasteiger partial charge in [0.2, 0.25) is 5.91 Å². The monoisotopic (exact) mass is 666 g/mol. The average Bonchev–Trinajstić information content (AvgIpc) is 3.44. The second kappa shape index (κ2) is 18.7. The number of carbonyl (C=O) groups excluding carboxylic acids is 1. The number of hydrogen-bond acceptors (Lipinski definition) is 8. The van der Waals surface area contributed by atoms with E-state index in [0.717, 1.165) is 24.1 Å². The molecule has 14 heteroatoms. The molecular formula is C30H39Cl2F3N2O7. The lowest BCUT2D eigenvalue weighted by Gasteiger charge is -2.32. The van der Waals surface area contributed by atoms with Crippen LogP contribution in [0.3, 0.4) is 0 Å². The zero-order valence-corrected chi connectivity index (χ0v) is 26.1. The molecule has 1 unspecified atom stereocenters. The number of amides is 1. The summed E-state index contributed by atoms with van der Waals surface area (Å²) >= 11 is 12.2. The second-order valence-corrected chi connectivity index (χ2v) is 11.0. The zero-order chi connectivity index (χ0) is 32.0. The first-order chi connectivity index (χ1) is 21.1. The minimum absolute atomic E-state index is 0.00138. The summed E-state index contributed by atoms with van der Waals surface area (Å²) in [6, 6.07) is 12.4. The molecule has 1 N–H and O–H groups in total. The molecular weight excluding hydrogens is 628 g/mol. The van der Waals surface area contributed by atoms with E-state index in [1.54, 1.807) is 30.1 Å². The van der Waals surface area contributed by atoms with Gasteiger partial charge < -0.3 is 29.0 Å². The summed E-state index contributed by atoms with van der Waals surface area (Å²) in [5.74, 6) is 0.556. The Balaban J connectivity index is 1.48. The predicted molar refractivity (Wildman–Crippen MR) is 159 cm³/mol. The number of aliphatic hydroxyl groups is 1. The summed E-state index contributed by atoms with van der Waals surface area (Å²) in [5, 5.41) is 9.87. The van der Waals surface area contributed by atoms with Crippen LogP contribution in [0.2, 0.25) is 10.0 Å². The summed E-state index contributed by atoms with van der Waals surface area (Å²) in [6.45, 7) is 2.55. The first-order valence-electron chi connectivity index (χ1n) is 14.3. The van der Waals surface area contributed by atoms with E-state index in [9.17, 15) is 18.0 Å². The quantitative estimate of drug-likeness (QED) is 0.215. The predicted octanol–water partition coefficient (Wildman–Crippen LogP) is 4.77. The fourth-order valence-electron chi connectivity index (χ4n) is 4.68. The molecule has 0 aromatic heterocycles. The number of benzene rings is 2. The fourth-order valence-corrected chi connectivity index (χ4v) is 5.00. The van der Waals surface area contributed by atoms with Crippen molar-refractivity contribution in [1.82, 2.24) is 9.80 Å². The van der Waals surface area contributed by atoms with Crippen LogP contribution in [0, 0.1) is 0 Å². The maximum absolute atomic E-state index is 13.4. The van der Waals surface area contributed by atoms with Gasteiger partial charge in [-0.25, -0.2) is 0 Å². The van der Waals surface area contributed by atoms with E-state index in [4.69, 9.17) is 47.3 Å². The van der Waals surface area contributed by atoms with E-state index in [1.807, 2.05) is 24.3 Å². The molecule has 0 spiro atoms. The Morgan fingerprint density at radius 3 is 2.34 bits per heavy atom. The Morgan fingerprint density at radius 1 is 1.00 bits per heavy atom. The molecule has 1 amide bonds. The third-order valence-corrected chi connectivity index (χ3v) is 7.67. The van der Waals surface area contributed by atoms with E-state index in [0.29, 0.717) is 42.1 Å². The van der Waals surface area contributed by atoms with Crippen LogP contribution in [0.1, 0.15) is 23.6 Å². The van der Waals surface area contributed by atoms with Crippen LogP contribution in [0.15, 0.2) is 42.5 Å². The van der Waals surface area contributed by atoms with Gasteiger partial charge >= 0.3 is 6.36 Å². The smallest absolute Gasteiger partial charge is 0.491 e. The Labute approximate surface area is 265 Å². The largest absolute Gasteiger partial charge is 0.522 e. The number of rotatable bonds is 19. The summed E-state index contributed by atoms with van der Waals surface area (Å²) < 4.78 is 61.3. The molecule has 3 rings (SSSR count). The average molecular weight is 668 g/mol. The SMILES string of the molecule is CN(C(=O)Cc1ccc(Cl)c(Cl)c1)C(CN1CC[C@H](OCCOCCOCCOC(F)(F)F)C1)c1ccc(OCCO)cc1. The normalized spacial score (nSPS) is 16.3. The highest BCUT2D eigenvalue weighted by Gasteiger charge is 2.30. The number of aliphatic hydroxyl groups excluding tert-OH is 1. The molecule has 0 bridgehead atoms. The van der Waals surface area contributed by atoms with Gasteiger partial charge in [-0.05, 0) is 41.8 Å². The molecule has 1 heterocycles. The molecule has 2 aromatic carbocycles. The van der Waals surface area contributed by atoms with Crippen molar-refractivity contribution in [2.45, 2.75) is 31.3 Å². The number of halogens is 5. The van der Waals surface area contributed by atoms with Gasteiger partial charge in [0.15, 0.2) is 0 Å². The van der Waals surface area contributed by atoms with Crippen LogP contribution in [0.4, 0.5) is 13.2 Å². The third kappa shape index (κ3) is 13.1. The van der Waals surface area contributed by atoms with Gasteiger partial charge in [0.25, 0.3) is 0 Å². The summed E-state index contributed by atoms with van der Waals surface area (Å²) in [5.41, 5.74) is 1.71. The van der Waals surface area contributed by atoms with Crippen molar-refractivity contribution >= 4 is 29.1 Å². The number of likely N-dealkylation sites (N-methyl/N-ethyl adjacent to an activating group) is 1. The van der Waals surface area contributed by atoms with Gasteiger partial charge in [-0.1, -0.05) is 41.4 Å². The lowest BCUT2D eigenvalue weighted by Crippen LogP contribution is -2.39. The van der Waals surface area contributed by atoms with Gasteiger partial charge in [-0.15, -0.1) is 13.2 Å². The minimum atomic E-state index is -4.66. The highest BCUT2D eigenvalue weighted by Crippen LogP contribution is 2.28. The number of likely N-dealkylation sites (tertiary alicyclic amines) is 1. The highest BCUT2D eigenvalue weighted by atomic mass is 35.5. The van der Waals surface area contributed by atoms with Crippen LogP contribution >= 0.6 is 23.2 Å². The van der Waals surface area contributed by atoms with Crippen molar-refractivity contribution in [3.63, 3.8) is 0 Å². The summed E-state index contributed by atoms with van der Waals surface area (Å²) in [6.07, 6.45) is -3.67. The molecule has 0 radical (unpaired) electrons. The Kier molecular flexibility index (Phi) is 15.5. The van der Waals surface area contributed by atoms with Crippen molar-refractivity contribution in [3.05, 3.63) is 63.6 Å². The van der Waals surface area contributed by atoms with Crippen LogP contribution in [0.5, 0.6) is 5.75 Å². The number of carbonyl (C=O) groups is 1. The van der Waals surface area contributed by atoms with E-state index in [-0.39, 0.29) is 57.5 Å². The van der Waals surface area contributed by atoms with E-state index < -0.39 is 13.0 Å². The molecule has 9 nitrogen and oxygen atoms in total. The second-order valence-electron chi connectivity index (χ2n) is 10.1. The van der Waals surface area contributed by atoms with Gasteiger partial charge in [-0.3, -0.25) is 14.4 Å². The van der Waals surface area contributed by atoms with E-state index in [1.165, 1.54) is 0 Å². The Morgan fingerprint density at radius 2 is 1.68 bits per heavy atom. The molecule has 1 saturated heterocycles. The van der Waals surface area contributed by atoms with Gasteiger partial charge in [0.1, 0.15) is 12.4 Å². The topological polar surface area (TPSA) is 89.9 Å². The van der Waals surface area contributed by atoms with E-state index >= 15 is 0 Å². The van der Waals surface area contributed by atoms with Crippen molar-refractivity contribution in [1.29, 1.82) is 0 Å².